The molecule has 0 amide bonds. The Labute approximate surface area is 138 Å². The number of hydrogen-bond donors (Lipinski definition) is 1. The van der Waals surface area contributed by atoms with E-state index in [1.165, 1.54) is 11.1 Å². The molecule has 0 saturated carbocycles. The maximum absolute atomic E-state index is 14.3. The standard InChI is InChI=1S/C20H25FN2/c1-15(2)12-22-13-16-7-8-19(21)20(11-16)23-10-9-17-5-3-4-6-18(17)14-23/h3-8,11,15,22H,9-10,12-14H2,1-2H3. The van der Waals surface area contributed by atoms with E-state index >= 15 is 0 Å². The summed E-state index contributed by atoms with van der Waals surface area (Å²) in [7, 11) is 0. The molecule has 122 valence electrons. The maximum atomic E-state index is 14.3. The van der Waals surface area contributed by atoms with Gasteiger partial charge in [-0.05, 0) is 47.7 Å². The number of hydrogen-bond acceptors (Lipinski definition) is 2. The molecule has 3 heteroatoms. The van der Waals surface area contributed by atoms with E-state index < -0.39 is 0 Å². The lowest BCUT2D eigenvalue weighted by atomic mass is 9.99. The molecule has 0 bridgehead atoms. The average molecular weight is 312 g/mol. The zero-order chi connectivity index (χ0) is 16.2. The number of anilines is 1. The minimum atomic E-state index is -0.128. The number of fused-ring (bicyclic) bond motifs is 1. The van der Waals surface area contributed by atoms with Crippen molar-refractivity contribution in [2.75, 3.05) is 18.0 Å². The van der Waals surface area contributed by atoms with Gasteiger partial charge in [-0.1, -0.05) is 44.2 Å². The molecule has 2 nitrogen and oxygen atoms in total. The predicted octanol–water partition coefficient (Wildman–Crippen LogP) is 4.13. The molecule has 0 atom stereocenters. The highest BCUT2D eigenvalue weighted by atomic mass is 19.1. The number of nitrogens with one attached hydrogen (secondary N) is 1. The van der Waals surface area contributed by atoms with Crippen LogP contribution in [0.15, 0.2) is 42.5 Å². The quantitative estimate of drug-likeness (QED) is 0.893. The smallest absolute Gasteiger partial charge is 0.146 e. The van der Waals surface area contributed by atoms with Gasteiger partial charge in [-0.25, -0.2) is 4.39 Å². The normalized spacial score (nSPS) is 14.2. The van der Waals surface area contributed by atoms with E-state index in [1.807, 2.05) is 12.1 Å². The van der Waals surface area contributed by atoms with Crippen LogP contribution in [0, 0.1) is 11.7 Å². The second-order valence-corrected chi connectivity index (χ2v) is 6.75. The molecule has 2 aromatic carbocycles. The first-order chi connectivity index (χ1) is 11.1. The predicted molar refractivity (Wildman–Crippen MR) is 94.1 cm³/mol. The Balaban J connectivity index is 1.75. The first-order valence-electron chi connectivity index (χ1n) is 8.44. The number of nitrogens with zero attached hydrogens (tertiary/aromatic N) is 1. The van der Waals surface area contributed by atoms with Crippen LogP contribution in [0.3, 0.4) is 0 Å². The highest BCUT2D eigenvalue weighted by molar-refractivity contribution is 5.52. The van der Waals surface area contributed by atoms with Crippen molar-refractivity contribution >= 4 is 5.69 Å². The van der Waals surface area contributed by atoms with Crippen LogP contribution in [0.25, 0.3) is 0 Å². The lowest BCUT2D eigenvalue weighted by Crippen LogP contribution is -2.31. The topological polar surface area (TPSA) is 15.3 Å². The Morgan fingerprint density at radius 3 is 2.70 bits per heavy atom. The fourth-order valence-electron chi connectivity index (χ4n) is 3.12. The van der Waals surface area contributed by atoms with Gasteiger partial charge in [0.15, 0.2) is 0 Å². The molecule has 0 fully saturated rings. The summed E-state index contributed by atoms with van der Waals surface area (Å²) in [6.07, 6.45) is 0.978. The summed E-state index contributed by atoms with van der Waals surface area (Å²) >= 11 is 0. The fourth-order valence-corrected chi connectivity index (χ4v) is 3.12. The van der Waals surface area contributed by atoms with E-state index in [0.29, 0.717) is 5.92 Å². The van der Waals surface area contributed by atoms with Crippen molar-refractivity contribution in [1.29, 1.82) is 0 Å². The first-order valence-corrected chi connectivity index (χ1v) is 8.44. The molecule has 1 aliphatic heterocycles. The molecule has 0 unspecified atom stereocenters. The van der Waals surface area contributed by atoms with Crippen molar-refractivity contribution in [1.82, 2.24) is 5.32 Å². The van der Waals surface area contributed by atoms with Crippen LogP contribution < -0.4 is 10.2 Å². The van der Waals surface area contributed by atoms with Crippen molar-refractivity contribution < 1.29 is 4.39 Å². The minimum absolute atomic E-state index is 0.128. The first kappa shape index (κ1) is 16.0. The third kappa shape index (κ3) is 3.91. The van der Waals surface area contributed by atoms with Gasteiger partial charge in [0.25, 0.3) is 0 Å². The molecule has 3 rings (SSSR count). The molecule has 0 radical (unpaired) electrons. The summed E-state index contributed by atoms with van der Waals surface area (Å²) in [4.78, 5) is 2.16. The van der Waals surface area contributed by atoms with Crippen LogP contribution in [-0.4, -0.2) is 13.1 Å². The highest BCUT2D eigenvalue weighted by Crippen LogP contribution is 2.27. The average Bonchev–Trinajstić information content (AvgIpc) is 2.55. The zero-order valence-corrected chi connectivity index (χ0v) is 14.0. The second kappa shape index (κ2) is 7.14. The van der Waals surface area contributed by atoms with Gasteiger partial charge >= 0.3 is 0 Å². The van der Waals surface area contributed by atoms with Gasteiger partial charge in [0.05, 0.1) is 5.69 Å². The molecular formula is C20H25FN2. The van der Waals surface area contributed by atoms with Gasteiger partial charge in [-0.2, -0.15) is 0 Å². The van der Waals surface area contributed by atoms with Crippen molar-refractivity contribution in [2.45, 2.75) is 33.4 Å². The number of benzene rings is 2. The van der Waals surface area contributed by atoms with E-state index in [1.54, 1.807) is 6.07 Å². The number of rotatable bonds is 5. The summed E-state index contributed by atoms with van der Waals surface area (Å²) in [5.74, 6) is 0.491. The molecule has 0 spiro atoms. The third-order valence-electron chi connectivity index (χ3n) is 4.36. The van der Waals surface area contributed by atoms with Crippen LogP contribution in [-0.2, 0) is 19.5 Å². The van der Waals surface area contributed by atoms with Crippen LogP contribution in [0.1, 0.15) is 30.5 Å². The molecule has 0 aromatic heterocycles. The summed E-state index contributed by atoms with van der Waals surface area (Å²) < 4.78 is 14.3. The Morgan fingerprint density at radius 1 is 1.13 bits per heavy atom. The maximum Gasteiger partial charge on any atom is 0.146 e. The van der Waals surface area contributed by atoms with E-state index in [4.69, 9.17) is 0 Å². The Hall–Kier alpha value is -1.87. The third-order valence-corrected chi connectivity index (χ3v) is 4.36. The van der Waals surface area contributed by atoms with E-state index in [0.717, 1.165) is 43.9 Å². The monoisotopic (exact) mass is 312 g/mol. The van der Waals surface area contributed by atoms with Gasteiger partial charge in [-0.3, -0.25) is 0 Å². The Kier molecular flexibility index (Phi) is 4.97. The van der Waals surface area contributed by atoms with Gasteiger partial charge in [-0.15, -0.1) is 0 Å². The van der Waals surface area contributed by atoms with Crippen molar-refractivity contribution in [2.24, 2.45) is 5.92 Å². The van der Waals surface area contributed by atoms with E-state index in [2.05, 4.69) is 48.3 Å². The molecule has 0 saturated heterocycles. The molecule has 1 N–H and O–H groups in total. The summed E-state index contributed by atoms with van der Waals surface area (Å²) in [5.41, 5.74) is 4.56. The van der Waals surface area contributed by atoms with Crippen LogP contribution >= 0.6 is 0 Å². The van der Waals surface area contributed by atoms with E-state index in [9.17, 15) is 4.39 Å². The molecule has 2 aromatic rings. The van der Waals surface area contributed by atoms with Gasteiger partial charge in [0.2, 0.25) is 0 Å². The van der Waals surface area contributed by atoms with Crippen LogP contribution in [0.5, 0.6) is 0 Å². The largest absolute Gasteiger partial charge is 0.364 e. The molecule has 1 heterocycles. The SMILES string of the molecule is CC(C)CNCc1ccc(F)c(N2CCc3ccccc3C2)c1. The summed E-state index contributed by atoms with van der Waals surface area (Å²) in [5, 5.41) is 3.43. The van der Waals surface area contributed by atoms with Crippen molar-refractivity contribution in [3.05, 3.63) is 65.0 Å². The highest BCUT2D eigenvalue weighted by Gasteiger charge is 2.19. The van der Waals surface area contributed by atoms with Gasteiger partial charge < -0.3 is 10.2 Å². The van der Waals surface area contributed by atoms with Crippen molar-refractivity contribution in [3.63, 3.8) is 0 Å². The lowest BCUT2D eigenvalue weighted by molar-refractivity contribution is 0.551. The van der Waals surface area contributed by atoms with Gasteiger partial charge in [0, 0.05) is 19.6 Å². The number of halogens is 1. The molecule has 23 heavy (non-hydrogen) atoms. The van der Waals surface area contributed by atoms with Crippen LogP contribution in [0.2, 0.25) is 0 Å². The van der Waals surface area contributed by atoms with E-state index in [-0.39, 0.29) is 5.82 Å². The minimum Gasteiger partial charge on any atom is -0.364 e. The summed E-state index contributed by atoms with van der Waals surface area (Å²) in [6, 6.07) is 13.9. The Bertz CT molecular complexity index is 666. The molecule has 0 aliphatic carbocycles. The fraction of sp³-hybridized carbons (Fsp3) is 0.400. The van der Waals surface area contributed by atoms with Crippen molar-refractivity contribution in [3.8, 4) is 0 Å². The van der Waals surface area contributed by atoms with Crippen LogP contribution in [0.4, 0.5) is 10.1 Å². The Morgan fingerprint density at radius 2 is 1.91 bits per heavy atom. The van der Waals surface area contributed by atoms with Gasteiger partial charge in [0.1, 0.15) is 5.82 Å². The molecular weight excluding hydrogens is 287 g/mol. The molecule has 1 aliphatic rings. The summed E-state index contributed by atoms with van der Waals surface area (Å²) in [6.45, 7) is 7.80. The zero-order valence-electron chi connectivity index (χ0n) is 14.0. The second-order valence-electron chi connectivity index (χ2n) is 6.75. The lowest BCUT2D eigenvalue weighted by Gasteiger charge is -2.31.